The zero-order chi connectivity index (χ0) is 9.84. The van der Waals surface area contributed by atoms with Crippen LogP contribution in [0.15, 0.2) is 0 Å². The Labute approximate surface area is 78.7 Å². The molecule has 2 atom stereocenters. The maximum absolute atomic E-state index is 9.17. The van der Waals surface area contributed by atoms with Crippen molar-refractivity contribution < 1.29 is 9.94 Å². The van der Waals surface area contributed by atoms with Crippen LogP contribution in [0.5, 0.6) is 0 Å². The molecule has 1 aliphatic rings. The highest BCUT2D eigenvalue weighted by Crippen LogP contribution is 2.14. The van der Waals surface area contributed by atoms with Crippen molar-refractivity contribution in [1.29, 1.82) is 5.26 Å². The summed E-state index contributed by atoms with van der Waals surface area (Å²) in [6.07, 6.45) is -0.397. The van der Waals surface area contributed by atoms with E-state index in [1.54, 1.807) is 5.06 Å². The molecule has 1 rings (SSSR count). The lowest BCUT2D eigenvalue weighted by Gasteiger charge is -2.19. The zero-order valence-corrected chi connectivity index (χ0v) is 8.10. The highest BCUT2D eigenvalue weighted by Gasteiger charge is 2.25. The third kappa shape index (κ3) is 2.96. The van der Waals surface area contributed by atoms with Gasteiger partial charge in [-0.25, -0.2) is 0 Å². The Hall–Kier alpha value is -0.630. The Morgan fingerprint density at radius 3 is 2.77 bits per heavy atom. The third-order valence-electron chi connectivity index (χ3n) is 2.23. The molecule has 0 aromatic carbocycles. The van der Waals surface area contributed by atoms with Gasteiger partial charge in [-0.1, -0.05) is 13.8 Å². The Bertz CT molecular complexity index is 200. The van der Waals surface area contributed by atoms with Gasteiger partial charge in [0.25, 0.3) is 0 Å². The number of hydrogen-bond acceptors (Lipinski definition) is 4. The molecule has 0 aliphatic carbocycles. The Balaban J connectivity index is 2.35. The van der Waals surface area contributed by atoms with Gasteiger partial charge in [-0.05, 0) is 5.92 Å². The minimum absolute atomic E-state index is 0.0229. The van der Waals surface area contributed by atoms with Crippen LogP contribution in [-0.2, 0) is 4.84 Å². The number of β-amino-alcohol motifs (C(OH)–C–C–N with tert-alkyl or cyclic N) is 1. The smallest absolute Gasteiger partial charge is 0.0958 e. The second-order valence-corrected chi connectivity index (χ2v) is 3.78. The van der Waals surface area contributed by atoms with Gasteiger partial charge in [0.2, 0.25) is 0 Å². The van der Waals surface area contributed by atoms with Gasteiger partial charge in [0.15, 0.2) is 0 Å². The number of hydroxylamine groups is 2. The molecule has 0 amide bonds. The van der Waals surface area contributed by atoms with E-state index in [0.29, 0.717) is 25.6 Å². The highest BCUT2D eigenvalue weighted by atomic mass is 16.7. The van der Waals surface area contributed by atoms with Crippen LogP contribution in [0.1, 0.15) is 13.8 Å². The van der Waals surface area contributed by atoms with Gasteiger partial charge in [-0.3, -0.25) is 4.84 Å². The van der Waals surface area contributed by atoms with Crippen molar-refractivity contribution in [2.45, 2.75) is 20.0 Å². The fourth-order valence-corrected chi connectivity index (χ4v) is 1.28. The molecule has 1 fully saturated rings. The summed E-state index contributed by atoms with van der Waals surface area (Å²) in [7, 11) is 0. The molecular formula is C9H16N2O2. The van der Waals surface area contributed by atoms with E-state index in [9.17, 15) is 5.11 Å². The van der Waals surface area contributed by atoms with E-state index >= 15 is 0 Å². The lowest BCUT2D eigenvalue weighted by Crippen LogP contribution is -2.29. The average Bonchev–Trinajstić information content (AvgIpc) is 2.46. The molecule has 1 heterocycles. The lowest BCUT2D eigenvalue weighted by molar-refractivity contribution is -0.118. The van der Waals surface area contributed by atoms with Crippen LogP contribution in [-0.4, -0.2) is 36.0 Å². The molecule has 0 radical (unpaired) electrons. The van der Waals surface area contributed by atoms with E-state index in [2.05, 4.69) is 6.07 Å². The maximum atomic E-state index is 9.17. The normalized spacial score (nSPS) is 26.2. The molecule has 4 heteroatoms. The summed E-state index contributed by atoms with van der Waals surface area (Å²) in [6.45, 7) is 5.49. The SMILES string of the molecule is CC(C)C(C#N)CN1CC(O)CO1. The summed E-state index contributed by atoms with van der Waals surface area (Å²) >= 11 is 0. The van der Waals surface area contributed by atoms with Gasteiger partial charge < -0.3 is 5.11 Å². The molecular weight excluding hydrogens is 168 g/mol. The molecule has 0 bridgehead atoms. The fourth-order valence-electron chi connectivity index (χ4n) is 1.28. The molecule has 0 spiro atoms. The lowest BCUT2D eigenvalue weighted by atomic mass is 9.97. The summed E-state index contributed by atoms with van der Waals surface area (Å²) in [5.74, 6) is 0.302. The number of nitriles is 1. The highest BCUT2D eigenvalue weighted by molar-refractivity contribution is 4.87. The first kappa shape index (κ1) is 10.5. The molecule has 0 aromatic heterocycles. The van der Waals surface area contributed by atoms with E-state index in [1.165, 1.54) is 0 Å². The number of hydrogen-bond donors (Lipinski definition) is 1. The van der Waals surface area contributed by atoms with Crippen LogP contribution >= 0.6 is 0 Å². The second kappa shape index (κ2) is 4.56. The van der Waals surface area contributed by atoms with Crippen LogP contribution in [0.4, 0.5) is 0 Å². The van der Waals surface area contributed by atoms with Crippen LogP contribution in [0.3, 0.4) is 0 Å². The van der Waals surface area contributed by atoms with Crippen LogP contribution in [0.25, 0.3) is 0 Å². The molecule has 1 saturated heterocycles. The van der Waals surface area contributed by atoms with E-state index in [1.807, 2.05) is 13.8 Å². The minimum atomic E-state index is -0.397. The first-order valence-corrected chi connectivity index (χ1v) is 4.59. The second-order valence-electron chi connectivity index (χ2n) is 3.78. The van der Waals surface area contributed by atoms with Crippen molar-refractivity contribution in [3.8, 4) is 6.07 Å². The fraction of sp³-hybridized carbons (Fsp3) is 0.889. The Kier molecular flexibility index (Phi) is 3.67. The average molecular weight is 184 g/mol. The Morgan fingerprint density at radius 1 is 1.69 bits per heavy atom. The van der Waals surface area contributed by atoms with Gasteiger partial charge in [-0.2, -0.15) is 10.3 Å². The van der Waals surface area contributed by atoms with Crippen LogP contribution < -0.4 is 0 Å². The Morgan fingerprint density at radius 2 is 2.38 bits per heavy atom. The van der Waals surface area contributed by atoms with Gasteiger partial charge in [0, 0.05) is 6.54 Å². The van der Waals surface area contributed by atoms with Crippen molar-refractivity contribution >= 4 is 0 Å². The molecule has 4 nitrogen and oxygen atoms in total. The van der Waals surface area contributed by atoms with E-state index < -0.39 is 6.10 Å². The van der Waals surface area contributed by atoms with Crippen LogP contribution in [0.2, 0.25) is 0 Å². The summed E-state index contributed by atoms with van der Waals surface area (Å²) in [5, 5.41) is 19.7. The molecule has 13 heavy (non-hydrogen) atoms. The minimum Gasteiger partial charge on any atom is -0.389 e. The van der Waals surface area contributed by atoms with Gasteiger partial charge in [-0.15, -0.1) is 0 Å². The van der Waals surface area contributed by atoms with Crippen molar-refractivity contribution in [3.05, 3.63) is 0 Å². The largest absolute Gasteiger partial charge is 0.389 e. The summed E-state index contributed by atoms with van der Waals surface area (Å²) in [4.78, 5) is 5.18. The van der Waals surface area contributed by atoms with E-state index in [0.717, 1.165) is 0 Å². The van der Waals surface area contributed by atoms with Gasteiger partial charge in [0.1, 0.15) is 0 Å². The van der Waals surface area contributed by atoms with Crippen molar-refractivity contribution in [1.82, 2.24) is 5.06 Å². The van der Waals surface area contributed by atoms with E-state index in [-0.39, 0.29) is 5.92 Å². The maximum Gasteiger partial charge on any atom is 0.0958 e. The first-order valence-electron chi connectivity index (χ1n) is 4.59. The summed E-state index contributed by atoms with van der Waals surface area (Å²) in [6, 6.07) is 2.24. The topological polar surface area (TPSA) is 56.5 Å². The van der Waals surface area contributed by atoms with E-state index in [4.69, 9.17) is 10.1 Å². The van der Waals surface area contributed by atoms with Gasteiger partial charge >= 0.3 is 0 Å². The van der Waals surface area contributed by atoms with Crippen molar-refractivity contribution in [2.24, 2.45) is 11.8 Å². The molecule has 1 N–H and O–H groups in total. The van der Waals surface area contributed by atoms with Crippen LogP contribution in [0, 0.1) is 23.2 Å². The zero-order valence-electron chi connectivity index (χ0n) is 8.10. The predicted octanol–water partition coefficient (Wildman–Crippen LogP) is 0.390. The number of aliphatic hydroxyl groups is 1. The molecule has 1 aliphatic heterocycles. The van der Waals surface area contributed by atoms with Crippen molar-refractivity contribution in [3.63, 3.8) is 0 Å². The standard InChI is InChI=1S/C9H16N2O2/c1-7(2)8(3-10)4-11-5-9(12)6-13-11/h7-9,12H,4-6H2,1-2H3. The third-order valence-corrected chi connectivity index (χ3v) is 2.23. The molecule has 0 saturated carbocycles. The van der Waals surface area contributed by atoms with Crippen molar-refractivity contribution in [2.75, 3.05) is 19.7 Å². The predicted molar refractivity (Wildman–Crippen MR) is 47.5 cm³/mol. The summed E-state index contributed by atoms with van der Waals surface area (Å²) in [5.41, 5.74) is 0. The first-order chi connectivity index (χ1) is 6.13. The summed E-state index contributed by atoms with van der Waals surface area (Å²) < 4.78 is 0. The molecule has 2 unspecified atom stereocenters. The van der Waals surface area contributed by atoms with Gasteiger partial charge in [0.05, 0.1) is 31.2 Å². The number of aliphatic hydroxyl groups excluding tert-OH is 1. The number of rotatable bonds is 3. The molecule has 74 valence electrons. The monoisotopic (exact) mass is 184 g/mol. The molecule has 0 aromatic rings. The number of nitrogens with zero attached hydrogens (tertiary/aromatic N) is 2. The quantitative estimate of drug-likeness (QED) is 0.689.